The molecule has 0 spiro atoms. The van der Waals surface area contributed by atoms with Gasteiger partial charge in [0.15, 0.2) is 4.77 Å². The molecule has 2 heterocycles. The standard InChI is InChI=1S/C12H11N3S/c1-2-15-11-8-5-3-4-6-9(8)13-7-10(11)14-12(15)16/h3-7H,2H2,1H3,(H,14,16). The summed E-state index contributed by atoms with van der Waals surface area (Å²) in [5.74, 6) is 0. The molecule has 0 saturated heterocycles. The maximum atomic E-state index is 5.29. The molecule has 80 valence electrons. The normalized spacial score (nSPS) is 11.3. The van der Waals surface area contributed by atoms with E-state index in [-0.39, 0.29) is 0 Å². The number of aromatic nitrogens is 3. The molecular formula is C12H11N3S. The first kappa shape index (κ1) is 9.54. The second-order valence-corrected chi connectivity index (χ2v) is 4.10. The number of H-pyrrole nitrogens is 1. The van der Waals surface area contributed by atoms with Crippen molar-refractivity contribution in [2.75, 3.05) is 0 Å². The van der Waals surface area contributed by atoms with Gasteiger partial charge in [-0.3, -0.25) is 4.98 Å². The predicted octanol–water partition coefficient (Wildman–Crippen LogP) is 3.27. The lowest BCUT2D eigenvalue weighted by atomic mass is 10.2. The van der Waals surface area contributed by atoms with E-state index in [2.05, 4.69) is 27.5 Å². The number of benzene rings is 1. The molecule has 16 heavy (non-hydrogen) atoms. The Hall–Kier alpha value is -1.68. The monoisotopic (exact) mass is 229 g/mol. The molecular weight excluding hydrogens is 218 g/mol. The van der Waals surface area contributed by atoms with Crippen molar-refractivity contribution >= 4 is 34.2 Å². The summed E-state index contributed by atoms with van der Waals surface area (Å²) in [6.45, 7) is 2.96. The zero-order chi connectivity index (χ0) is 11.1. The highest BCUT2D eigenvalue weighted by Crippen LogP contribution is 2.23. The van der Waals surface area contributed by atoms with E-state index >= 15 is 0 Å². The smallest absolute Gasteiger partial charge is 0.178 e. The van der Waals surface area contributed by atoms with Crippen molar-refractivity contribution < 1.29 is 0 Å². The molecule has 3 rings (SSSR count). The zero-order valence-corrected chi connectivity index (χ0v) is 9.71. The van der Waals surface area contributed by atoms with Gasteiger partial charge in [0.1, 0.15) is 0 Å². The molecule has 0 aliphatic rings. The lowest BCUT2D eigenvalue weighted by molar-refractivity contribution is 0.776. The van der Waals surface area contributed by atoms with Crippen LogP contribution in [-0.2, 0) is 6.54 Å². The van der Waals surface area contributed by atoms with E-state index in [1.807, 2.05) is 24.4 Å². The predicted molar refractivity (Wildman–Crippen MR) is 68.1 cm³/mol. The van der Waals surface area contributed by atoms with Crippen LogP contribution in [0.25, 0.3) is 21.9 Å². The number of imidazole rings is 1. The van der Waals surface area contributed by atoms with E-state index in [1.165, 1.54) is 0 Å². The minimum atomic E-state index is 0.760. The van der Waals surface area contributed by atoms with Crippen molar-refractivity contribution in [2.45, 2.75) is 13.5 Å². The number of nitrogens with one attached hydrogen (secondary N) is 1. The van der Waals surface area contributed by atoms with Crippen LogP contribution in [0.1, 0.15) is 6.92 Å². The van der Waals surface area contributed by atoms with Gasteiger partial charge in [-0.15, -0.1) is 0 Å². The van der Waals surface area contributed by atoms with E-state index in [4.69, 9.17) is 12.2 Å². The van der Waals surface area contributed by atoms with Crippen LogP contribution < -0.4 is 0 Å². The highest BCUT2D eigenvalue weighted by Gasteiger charge is 2.07. The number of aryl methyl sites for hydroxylation is 1. The van der Waals surface area contributed by atoms with Gasteiger partial charge in [0, 0.05) is 11.9 Å². The van der Waals surface area contributed by atoms with Gasteiger partial charge in [-0.1, -0.05) is 18.2 Å². The van der Waals surface area contributed by atoms with Crippen molar-refractivity contribution in [3.05, 3.63) is 35.2 Å². The molecule has 2 aromatic heterocycles. The van der Waals surface area contributed by atoms with Gasteiger partial charge in [0.2, 0.25) is 0 Å². The van der Waals surface area contributed by atoms with E-state index in [9.17, 15) is 0 Å². The lowest BCUT2D eigenvalue weighted by Gasteiger charge is -2.02. The molecule has 0 aliphatic carbocycles. The van der Waals surface area contributed by atoms with Gasteiger partial charge < -0.3 is 9.55 Å². The topological polar surface area (TPSA) is 33.6 Å². The molecule has 0 atom stereocenters. The van der Waals surface area contributed by atoms with Crippen molar-refractivity contribution in [1.82, 2.24) is 14.5 Å². The Morgan fingerprint density at radius 3 is 3.00 bits per heavy atom. The molecule has 0 unspecified atom stereocenters. The van der Waals surface area contributed by atoms with Crippen LogP contribution in [-0.4, -0.2) is 14.5 Å². The minimum Gasteiger partial charge on any atom is -0.329 e. The van der Waals surface area contributed by atoms with E-state index in [0.717, 1.165) is 33.3 Å². The third-order valence-corrected chi connectivity index (χ3v) is 3.14. The highest BCUT2D eigenvalue weighted by atomic mass is 32.1. The molecule has 3 aromatic rings. The van der Waals surface area contributed by atoms with Crippen LogP contribution in [0.2, 0.25) is 0 Å². The van der Waals surface area contributed by atoms with Gasteiger partial charge in [0.05, 0.1) is 22.7 Å². The van der Waals surface area contributed by atoms with Crippen molar-refractivity contribution in [3.63, 3.8) is 0 Å². The molecule has 3 nitrogen and oxygen atoms in total. The third-order valence-electron chi connectivity index (χ3n) is 2.82. The Morgan fingerprint density at radius 2 is 2.19 bits per heavy atom. The summed E-state index contributed by atoms with van der Waals surface area (Å²) in [5, 5.41) is 1.15. The number of hydrogen-bond acceptors (Lipinski definition) is 2. The summed E-state index contributed by atoms with van der Waals surface area (Å²) in [4.78, 5) is 7.59. The number of pyridine rings is 1. The number of hydrogen-bond donors (Lipinski definition) is 1. The van der Waals surface area contributed by atoms with Gasteiger partial charge in [-0.25, -0.2) is 0 Å². The van der Waals surface area contributed by atoms with Crippen molar-refractivity contribution in [3.8, 4) is 0 Å². The van der Waals surface area contributed by atoms with Crippen molar-refractivity contribution in [2.24, 2.45) is 0 Å². The Bertz CT molecular complexity index is 724. The number of para-hydroxylation sites is 1. The summed E-state index contributed by atoms with van der Waals surface area (Å²) < 4.78 is 2.87. The number of nitrogens with zero attached hydrogens (tertiary/aromatic N) is 2. The van der Waals surface area contributed by atoms with Crippen LogP contribution in [0.4, 0.5) is 0 Å². The third kappa shape index (κ3) is 1.20. The zero-order valence-electron chi connectivity index (χ0n) is 8.90. The minimum absolute atomic E-state index is 0.760. The fourth-order valence-corrected chi connectivity index (χ4v) is 2.43. The summed E-state index contributed by atoms with van der Waals surface area (Å²) in [5.41, 5.74) is 3.16. The molecule has 0 saturated carbocycles. The van der Waals surface area contributed by atoms with Gasteiger partial charge in [-0.05, 0) is 25.2 Å². The summed E-state index contributed by atoms with van der Waals surface area (Å²) >= 11 is 5.29. The van der Waals surface area contributed by atoms with Gasteiger partial charge in [-0.2, -0.15) is 0 Å². The lowest BCUT2D eigenvalue weighted by Crippen LogP contribution is -1.94. The molecule has 1 N–H and O–H groups in total. The molecule has 0 fully saturated rings. The first-order valence-electron chi connectivity index (χ1n) is 5.27. The van der Waals surface area contributed by atoms with Gasteiger partial charge in [0.25, 0.3) is 0 Å². The van der Waals surface area contributed by atoms with Gasteiger partial charge >= 0.3 is 0 Å². The number of fused-ring (bicyclic) bond motifs is 3. The fourth-order valence-electron chi connectivity index (χ4n) is 2.10. The summed E-state index contributed by atoms with van der Waals surface area (Å²) in [6, 6.07) is 8.13. The maximum absolute atomic E-state index is 5.29. The quantitative estimate of drug-likeness (QED) is 0.650. The molecule has 0 radical (unpaired) electrons. The average molecular weight is 229 g/mol. The first-order valence-corrected chi connectivity index (χ1v) is 5.68. The Balaban J connectivity index is 2.62. The molecule has 0 aliphatic heterocycles. The molecule has 4 heteroatoms. The fraction of sp³-hybridized carbons (Fsp3) is 0.167. The SMILES string of the molecule is CCn1c(=S)[nH]c2cnc3ccccc3c21. The van der Waals surface area contributed by atoms with Crippen LogP contribution in [0.3, 0.4) is 0 Å². The number of rotatable bonds is 1. The summed E-state index contributed by atoms with van der Waals surface area (Å²) in [6.07, 6.45) is 1.85. The summed E-state index contributed by atoms with van der Waals surface area (Å²) in [7, 11) is 0. The van der Waals surface area contributed by atoms with Crippen LogP contribution in [0.15, 0.2) is 30.5 Å². The van der Waals surface area contributed by atoms with E-state index < -0.39 is 0 Å². The van der Waals surface area contributed by atoms with Crippen LogP contribution in [0, 0.1) is 4.77 Å². The average Bonchev–Trinajstić information content (AvgIpc) is 2.65. The first-order chi connectivity index (χ1) is 7.81. The molecule has 1 aromatic carbocycles. The Kier molecular flexibility index (Phi) is 2.04. The Morgan fingerprint density at radius 1 is 1.38 bits per heavy atom. The molecule has 0 bridgehead atoms. The highest BCUT2D eigenvalue weighted by molar-refractivity contribution is 7.71. The van der Waals surface area contributed by atoms with E-state index in [0.29, 0.717) is 0 Å². The largest absolute Gasteiger partial charge is 0.329 e. The second-order valence-electron chi connectivity index (χ2n) is 3.71. The molecule has 0 amide bonds. The second kappa shape index (κ2) is 3.42. The van der Waals surface area contributed by atoms with Crippen molar-refractivity contribution in [1.29, 1.82) is 0 Å². The maximum Gasteiger partial charge on any atom is 0.178 e. The number of aromatic amines is 1. The Labute approximate surface area is 97.7 Å². The van der Waals surface area contributed by atoms with E-state index in [1.54, 1.807) is 0 Å². The van der Waals surface area contributed by atoms with Crippen LogP contribution >= 0.6 is 12.2 Å². The van der Waals surface area contributed by atoms with Crippen LogP contribution in [0.5, 0.6) is 0 Å².